The summed E-state index contributed by atoms with van der Waals surface area (Å²) in [5.41, 5.74) is 7.21. The number of para-hydroxylation sites is 2. The van der Waals surface area contributed by atoms with Crippen LogP contribution in [-0.2, 0) is 0 Å². The van der Waals surface area contributed by atoms with Crippen molar-refractivity contribution in [2.75, 3.05) is 12.4 Å². The maximum absolute atomic E-state index is 5.60. The minimum atomic E-state index is 0.673. The maximum atomic E-state index is 5.60. The Morgan fingerprint density at radius 3 is 2.32 bits per heavy atom. The largest absolute Gasteiger partial charge is 0.496 e. The summed E-state index contributed by atoms with van der Waals surface area (Å²) in [6.07, 6.45) is 0. The van der Waals surface area contributed by atoms with Gasteiger partial charge in [-0.2, -0.15) is 0 Å². The van der Waals surface area contributed by atoms with Crippen LogP contribution in [0.3, 0.4) is 0 Å². The number of nitrogens with one attached hydrogen (secondary N) is 1. The van der Waals surface area contributed by atoms with Gasteiger partial charge in [0.2, 0.25) is 5.78 Å². The number of anilines is 2. The fourth-order valence-corrected chi connectivity index (χ4v) is 3.65. The van der Waals surface area contributed by atoms with Crippen molar-refractivity contribution >= 4 is 17.3 Å². The molecule has 2 aromatic carbocycles. The Kier molecular flexibility index (Phi) is 4.51. The van der Waals surface area contributed by atoms with Gasteiger partial charge in [-0.15, -0.1) is 0 Å². The highest BCUT2D eigenvalue weighted by Gasteiger charge is 2.20. The molecule has 0 fully saturated rings. The number of benzene rings is 2. The van der Waals surface area contributed by atoms with E-state index in [1.165, 1.54) is 11.1 Å². The standard InChI is InChI=1S/C23H24N4O/c1-14-9-8-10-15(2)20(14)25-22-21(18-11-6-7-12-19(18)28-5)26-23-24-16(3)13-17(4)27(22)23/h6-13,25H,1-5H3. The average Bonchev–Trinajstić information content (AvgIpc) is 3.03. The SMILES string of the molecule is COc1ccccc1-c1nc2nc(C)cc(C)n2c1Nc1c(C)cccc1C. The van der Waals surface area contributed by atoms with Crippen molar-refractivity contribution in [3.05, 3.63) is 71.0 Å². The number of methoxy groups -OCH3 is 1. The number of aryl methyl sites for hydroxylation is 4. The van der Waals surface area contributed by atoms with Crippen LogP contribution in [0.4, 0.5) is 11.5 Å². The van der Waals surface area contributed by atoms with Crippen molar-refractivity contribution in [3.63, 3.8) is 0 Å². The molecule has 0 aliphatic heterocycles. The van der Waals surface area contributed by atoms with Gasteiger partial charge in [-0.3, -0.25) is 4.40 Å². The van der Waals surface area contributed by atoms with Crippen molar-refractivity contribution in [1.82, 2.24) is 14.4 Å². The molecule has 0 atom stereocenters. The first-order chi connectivity index (χ1) is 13.5. The van der Waals surface area contributed by atoms with Crippen LogP contribution >= 0.6 is 0 Å². The van der Waals surface area contributed by atoms with Crippen LogP contribution in [0.25, 0.3) is 17.0 Å². The summed E-state index contributed by atoms with van der Waals surface area (Å²) in [6.45, 7) is 8.28. The second kappa shape index (κ2) is 7.00. The van der Waals surface area contributed by atoms with Gasteiger partial charge in [-0.05, 0) is 57.0 Å². The second-order valence-electron chi connectivity index (χ2n) is 7.08. The highest BCUT2D eigenvalue weighted by molar-refractivity contribution is 5.83. The number of aromatic nitrogens is 3. The fraction of sp³-hybridized carbons (Fsp3) is 0.217. The van der Waals surface area contributed by atoms with Gasteiger partial charge >= 0.3 is 0 Å². The third-order valence-electron chi connectivity index (χ3n) is 4.99. The molecule has 5 nitrogen and oxygen atoms in total. The number of rotatable bonds is 4. The normalized spacial score (nSPS) is 11.0. The third kappa shape index (κ3) is 2.99. The van der Waals surface area contributed by atoms with Crippen molar-refractivity contribution in [2.24, 2.45) is 0 Å². The Morgan fingerprint density at radius 1 is 0.893 bits per heavy atom. The molecule has 0 radical (unpaired) electrons. The lowest BCUT2D eigenvalue weighted by molar-refractivity contribution is 0.416. The van der Waals surface area contributed by atoms with Gasteiger partial charge in [0.05, 0.1) is 7.11 Å². The van der Waals surface area contributed by atoms with E-state index in [4.69, 9.17) is 9.72 Å². The maximum Gasteiger partial charge on any atom is 0.236 e. The lowest BCUT2D eigenvalue weighted by atomic mass is 10.1. The summed E-state index contributed by atoms with van der Waals surface area (Å²) in [5.74, 6) is 2.35. The van der Waals surface area contributed by atoms with E-state index in [1.54, 1.807) is 7.11 Å². The van der Waals surface area contributed by atoms with Crippen LogP contribution in [0.5, 0.6) is 5.75 Å². The summed E-state index contributed by atoms with van der Waals surface area (Å²) in [6, 6.07) is 16.3. The summed E-state index contributed by atoms with van der Waals surface area (Å²) in [5, 5.41) is 3.65. The Hall–Kier alpha value is -3.34. The number of hydrogen-bond acceptors (Lipinski definition) is 4. The molecule has 4 rings (SSSR count). The molecule has 0 bridgehead atoms. The monoisotopic (exact) mass is 372 g/mol. The number of imidazole rings is 1. The minimum Gasteiger partial charge on any atom is -0.496 e. The highest BCUT2D eigenvalue weighted by atomic mass is 16.5. The van der Waals surface area contributed by atoms with Gasteiger partial charge in [-0.25, -0.2) is 9.97 Å². The molecule has 0 spiro atoms. The topological polar surface area (TPSA) is 51.5 Å². The molecule has 0 amide bonds. The zero-order valence-corrected chi connectivity index (χ0v) is 16.9. The second-order valence-corrected chi connectivity index (χ2v) is 7.08. The number of ether oxygens (including phenoxy) is 1. The predicted molar refractivity (Wildman–Crippen MR) is 114 cm³/mol. The van der Waals surface area contributed by atoms with Crippen molar-refractivity contribution in [1.29, 1.82) is 0 Å². The fourth-order valence-electron chi connectivity index (χ4n) is 3.65. The predicted octanol–water partition coefficient (Wildman–Crippen LogP) is 5.38. The Balaban J connectivity index is 2.02. The number of nitrogens with zero attached hydrogens (tertiary/aromatic N) is 3. The Bertz CT molecular complexity index is 1160. The van der Waals surface area contributed by atoms with Gasteiger partial charge < -0.3 is 10.1 Å². The molecule has 2 aromatic heterocycles. The van der Waals surface area contributed by atoms with Gasteiger partial charge in [0.1, 0.15) is 17.3 Å². The van der Waals surface area contributed by atoms with E-state index in [1.807, 2.05) is 31.2 Å². The smallest absolute Gasteiger partial charge is 0.236 e. The first-order valence-electron chi connectivity index (χ1n) is 9.33. The van der Waals surface area contributed by atoms with Crippen molar-refractivity contribution in [2.45, 2.75) is 27.7 Å². The molecule has 0 unspecified atom stereocenters. The molecule has 4 aromatic rings. The third-order valence-corrected chi connectivity index (χ3v) is 4.99. The lowest BCUT2D eigenvalue weighted by Gasteiger charge is -2.15. The van der Waals surface area contributed by atoms with E-state index in [0.29, 0.717) is 5.78 Å². The summed E-state index contributed by atoms with van der Waals surface area (Å²) in [7, 11) is 1.68. The average molecular weight is 372 g/mol. The van der Waals surface area contributed by atoms with E-state index < -0.39 is 0 Å². The van der Waals surface area contributed by atoms with Crippen LogP contribution < -0.4 is 10.1 Å². The Morgan fingerprint density at radius 2 is 1.61 bits per heavy atom. The molecule has 5 heteroatoms. The first-order valence-corrected chi connectivity index (χ1v) is 9.33. The van der Waals surface area contributed by atoms with Gasteiger partial charge in [0.15, 0.2) is 0 Å². The van der Waals surface area contributed by atoms with Crippen molar-refractivity contribution < 1.29 is 4.74 Å². The summed E-state index contributed by atoms with van der Waals surface area (Å²) in [4.78, 5) is 9.53. The van der Waals surface area contributed by atoms with Gasteiger partial charge in [0.25, 0.3) is 0 Å². The highest BCUT2D eigenvalue weighted by Crippen LogP contribution is 2.37. The lowest BCUT2D eigenvalue weighted by Crippen LogP contribution is -2.04. The molecule has 0 aliphatic rings. The van der Waals surface area contributed by atoms with Crippen LogP contribution in [0, 0.1) is 27.7 Å². The number of hydrogen-bond donors (Lipinski definition) is 1. The quantitative estimate of drug-likeness (QED) is 0.522. The molecule has 0 aliphatic carbocycles. The number of fused-ring (bicyclic) bond motifs is 1. The van der Waals surface area contributed by atoms with E-state index in [0.717, 1.165) is 39.9 Å². The van der Waals surface area contributed by atoms with E-state index in [-0.39, 0.29) is 0 Å². The molecule has 28 heavy (non-hydrogen) atoms. The molecule has 1 N–H and O–H groups in total. The molecule has 2 heterocycles. The molecule has 0 saturated carbocycles. The summed E-state index contributed by atoms with van der Waals surface area (Å²) >= 11 is 0. The van der Waals surface area contributed by atoms with Crippen LogP contribution in [-0.4, -0.2) is 21.5 Å². The van der Waals surface area contributed by atoms with E-state index >= 15 is 0 Å². The first kappa shape index (κ1) is 18.0. The van der Waals surface area contributed by atoms with Crippen LogP contribution in [0.2, 0.25) is 0 Å². The van der Waals surface area contributed by atoms with Crippen molar-refractivity contribution in [3.8, 4) is 17.0 Å². The molecular weight excluding hydrogens is 348 g/mol. The molecule has 0 saturated heterocycles. The molecule has 142 valence electrons. The zero-order valence-electron chi connectivity index (χ0n) is 16.9. The van der Waals surface area contributed by atoms with Gasteiger partial charge in [-0.1, -0.05) is 30.3 Å². The summed E-state index contributed by atoms with van der Waals surface area (Å²) < 4.78 is 7.68. The zero-order chi connectivity index (χ0) is 19.8. The van der Waals surface area contributed by atoms with Gasteiger partial charge in [0, 0.05) is 22.6 Å². The van der Waals surface area contributed by atoms with E-state index in [9.17, 15) is 0 Å². The van der Waals surface area contributed by atoms with Crippen LogP contribution in [0.15, 0.2) is 48.5 Å². The molecular formula is C23H24N4O. The van der Waals surface area contributed by atoms with E-state index in [2.05, 4.69) is 59.7 Å². The Labute approximate surface area is 165 Å². The minimum absolute atomic E-state index is 0.673. The van der Waals surface area contributed by atoms with Crippen LogP contribution in [0.1, 0.15) is 22.5 Å².